The van der Waals surface area contributed by atoms with E-state index in [-0.39, 0.29) is 0 Å². The SMILES string of the molecule is CC(C)c1nc2cc(CCCN)ccc2n1C. The predicted octanol–water partition coefficient (Wildman–Crippen LogP) is 2.59. The lowest BCUT2D eigenvalue weighted by Gasteiger charge is -2.04. The highest BCUT2D eigenvalue weighted by atomic mass is 15.1. The number of nitrogens with zero attached hydrogens (tertiary/aromatic N) is 2. The van der Waals surface area contributed by atoms with Gasteiger partial charge in [0.2, 0.25) is 0 Å². The van der Waals surface area contributed by atoms with Crippen LogP contribution in [0.5, 0.6) is 0 Å². The van der Waals surface area contributed by atoms with Crippen LogP contribution >= 0.6 is 0 Å². The van der Waals surface area contributed by atoms with Gasteiger partial charge in [0, 0.05) is 13.0 Å². The van der Waals surface area contributed by atoms with E-state index in [9.17, 15) is 0 Å². The third-order valence-electron chi connectivity index (χ3n) is 3.17. The molecule has 3 heteroatoms. The standard InChI is InChI=1S/C14H21N3/c1-10(2)14-16-12-9-11(5-4-8-15)6-7-13(12)17(14)3/h6-7,9-10H,4-5,8,15H2,1-3H3. The van der Waals surface area contributed by atoms with E-state index in [0.717, 1.165) is 30.7 Å². The fourth-order valence-electron chi connectivity index (χ4n) is 2.24. The lowest BCUT2D eigenvalue weighted by Crippen LogP contribution is -2.00. The van der Waals surface area contributed by atoms with Crippen LogP contribution in [0.3, 0.4) is 0 Å². The first-order chi connectivity index (χ1) is 8.13. The molecular formula is C14H21N3. The number of imidazole rings is 1. The highest BCUT2D eigenvalue weighted by Crippen LogP contribution is 2.21. The van der Waals surface area contributed by atoms with E-state index >= 15 is 0 Å². The monoisotopic (exact) mass is 231 g/mol. The number of hydrogen-bond donors (Lipinski definition) is 1. The van der Waals surface area contributed by atoms with E-state index in [1.54, 1.807) is 0 Å². The molecule has 0 aliphatic heterocycles. The molecule has 0 atom stereocenters. The zero-order valence-corrected chi connectivity index (χ0v) is 10.9. The topological polar surface area (TPSA) is 43.8 Å². The van der Waals surface area contributed by atoms with Gasteiger partial charge in [-0.25, -0.2) is 4.98 Å². The average molecular weight is 231 g/mol. The van der Waals surface area contributed by atoms with E-state index < -0.39 is 0 Å². The minimum atomic E-state index is 0.458. The minimum absolute atomic E-state index is 0.458. The molecule has 1 heterocycles. The maximum absolute atomic E-state index is 5.54. The molecule has 2 aromatic rings. The van der Waals surface area contributed by atoms with Gasteiger partial charge < -0.3 is 10.3 Å². The summed E-state index contributed by atoms with van der Waals surface area (Å²) in [6.07, 6.45) is 2.08. The Kier molecular flexibility index (Phi) is 3.48. The Bertz CT molecular complexity index is 511. The quantitative estimate of drug-likeness (QED) is 0.879. The number of rotatable bonds is 4. The second-order valence-corrected chi connectivity index (χ2v) is 4.90. The van der Waals surface area contributed by atoms with Gasteiger partial charge >= 0.3 is 0 Å². The van der Waals surface area contributed by atoms with Crippen LogP contribution in [-0.2, 0) is 13.5 Å². The summed E-state index contributed by atoms with van der Waals surface area (Å²) < 4.78 is 2.19. The van der Waals surface area contributed by atoms with Crippen LogP contribution in [0, 0.1) is 0 Å². The van der Waals surface area contributed by atoms with E-state index in [1.165, 1.54) is 11.1 Å². The Morgan fingerprint density at radius 3 is 2.76 bits per heavy atom. The zero-order chi connectivity index (χ0) is 12.4. The van der Waals surface area contributed by atoms with E-state index in [4.69, 9.17) is 10.7 Å². The van der Waals surface area contributed by atoms with Crippen LogP contribution in [-0.4, -0.2) is 16.1 Å². The largest absolute Gasteiger partial charge is 0.331 e. The molecule has 0 amide bonds. The Balaban J connectivity index is 2.41. The molecule has 0 aliphatic carbocycles. The Morgan fingerprint density at radius 2 is 2.12 bits per heavy atom. The van der Waals surface area contributed by atoms with Crippen molar-refractivity contribution in [3.63, 3.8) is 0 Å². The maximum atomic E-state index is 5.54. The van der Waals surface area contributed by atoms with Gasteiger partial charge in [-0.05, 0) is 37.1 Å². The molecule has 0 bridgehead atoms. The summed E-state index contributed by atoms with van der Waals surface area (Å²) in [6, 6.07) is 6.54. The Morgan fingerprint density at radius 1 is 1.35 bits per heavy atom. The number of benzene rings is 1. The molecule has 0 saturated heterocycles. The molecule has 0 spiro atoms. The van der Waals surface area contributed by atoms with Gasteiger partial charge in [0.1, 0.15) is 5.82 Å². The van der Waals surface area contributed by atoms with Gasteiger partial charge in [-0.2, -0.15) is 0 Å². The normalized spacial score (nSPS) is 11.6. The number of aromatic nitrogens is 2. The van der Waals surface area contributed by atoms with Crippen molar-refractivity contribution in [2.24, 2.45) is 12.8 Å². The van der Waals surface area contributed by atoms with Crippen molar-refractivity contribution in [3.8, 4) is 0 Å². The van der Waals surface area contributed by atoms with Crippen LogP contribution in [0.25, 0.3) is 11.0 Å². The zero-order valence-electron chi connectivity index (χ0n) is 10.9. The van der Waals surface area contributed by atoms with Crippen molar-refractivity contribution >= 4 is 11.0 Å². The molecule has 17 heavy (non-hydrogen) atoms. The molecule has 0 unspecified atom stereocenters. The first kappa shape index (κ1) is 12.1. The van der Waals surface area contributed by atoms with Crippen molar-refractivity contribution < 1.29 is 0 Å². The number of fused-ring (bicyclic) bond motifs is 1. The molecule has 1 aromatic carbocycles. The summed E-state index contributed by atoms with van der Waals surface area (Å²) in [6.45, 7) is 5.10. The van der Waals surface area contributed by atoms with Crippen LogP contribution in [0.4, 0.5) is 0 Å². The van der Waals surface area contributed by atoms with Crippen LogP contribution in [0.2, 0.25) is 0 Å². The molecule has 2 N–H and O–H groups in total. The summed E-state index contributed by atoms with van der Waals surface area (Å²) in [5.41, 5.74) is 9.18. The van der Waals surface area contributed by atoms with Crippen molar-refractivity contribution in [3.05, 3.63) is 29.6 Å². The second-order valence-electron chi connectivity index (χ2n) is 4.90. The number of aryl methyl sites for hydroxylation is 2. The first-order valence-electron chi connectivity index (χ1n) is 6.28. The van der Waals surface area contributed by atoms with Gasteiger partial charge in [-0.1, -0.05) is 19.9 Å². The maximum Gasteiger partial charge on any atom is 0.112 e. The number of hydrogen-bond acceptors (Lipinski definition) is 2. The van der Waals surface area contributed by atoms with Gasteiger partial charge in [-0.3, -0.25) is 0 Å². The summed E-state index contributed by atoms with van der Waals surface area (Å²) >= 11 is 0. The highest BCUT2D eigenvalue weighted by Gasteiger charge is 2.10. The molecule has 0 radical (unpaired) electrons. The van der Waals surface area contributed by atoms with Gasteiger partial charge in [0.15, 0.2) is 0 Å². The molecule has 0 fully saturated rings. The van der Waals surface area contributed by atoms with Crippen LogP contribution < -0.4 is 5.73 Å². The van der Waals surface area contributed by atoms with E-state index in [0.29, 0.717) is 5.92 Å². The second kappa shape index (κ2) is 4.88. The predicted molar refractivity (Wildman–Crippen MR) is 72.2 cm³/mol. The lowest BCUT2D eigenvalue weighted by molar-refractivity contribution is 0.722. The van der Waals surface area contributed by atoms with Gasteiger partial charge in [0.05, 0.1) is 11.0 Å². The van der Waals surface area contributed by atoms with Crippen molar-refractivity contribution in [2.75, 3.05) is 6.54 Å². The first-order valence-corrected chi connectivity index (χ1v) is 6.28. The van der Waals surface area contributed by atoms with Crippen molar-refractivity contribution in [1.82, 2.24) is 9.55 Å². The van der Waals surface area contributed by atoms with Crippen molar-refractivity contribution in [2.45, 2.75) is 32.6 Å². The molecule has 92 valence electrons. The smallest absolute Gasteiger partial charge is 0.112 e. The van der Waals surface area contributed by atoms with Crippen LogP contribution in [0.15, 0.2) is 18.2 Å². The van der Waals surface area contributed by atoms with Crippen molar-refractivity contribution in [1.29, 1.82) is 0 Å². The average Bonchev–Trinajstić information content (AvgIpc) is 2.64. The molecule has 0 aliphatic rings. The summed E-state index contributed by atoms with van der Waals surface area (Å²) in [7, 11) is 2.09. The fourth-order valence-corrected chi connectivity index (χ4v) is 2.24. The van der Waals surface area contributed by atoms with E-state index in [1.807, 2.05) is 0 Å². The fraction of sp³-hybridized carbons (Fsp3) is 0.500. The summed E-state index contributed by atoms with van der Waals surface area (Å²) in [5, 5.41) is 0. The molecule has 3 nitrogen and oxygen atoms in total. The minimum Gasteiger partial charge on any atom is -0.331 e. The van der Waals surface area contributed by atoms with E-state index in [2.05, 4.69) is 43.7 Å². The summed E-state index contributed by atoms with van der Waals surface area (Å²) in [5.74, 6) is 1.61. The molecule has 2 rings (SSSR count). The Hall–Kier alpha value is -1.35. The third-order valence-corrected chi connectivity index (χ3v) is 3.17. The van der Waals surface area contributed by atoms with Gasteiger partial charge in [-0.15, -0.1) is 0 Å². The lowest BCUT2D eigenvalue weighted by atomic mass is 10.1. The molecule has 0 saturated carbocycles. The number of nitrogens with two attached hydrogens (primary N) is 1. The third kappa shape index (κ3) is 2.34. The Labute approximate surface area is 103 Å². The highest BCUT2D eigenvalue weighted by molar-refractivity contribution is 5.77. The van der Waals surface area contributed by atoms with Gasteiger partial charge in [0.25, 0.3) is 0 Å². The molecular weight excluding hydrogens is 210 g/mol. The molecule has 1 aromatic heterocycles. The summed E-state index contributed by atoms with van der Waals surface area (Å²) in [4.78, 5) is 4.71. The van der Waals surface area contributed by atoms with Crippen LogP contribution in [0.1, 0.15) is 37.6 Å².